The molecular weight excluding hydrogens is 330 g/mol. The van der Waals surface area contributed by atoms with Gasteiger partial charge in [0.15, 0.2) is 0 Å². The van der Waals surface area contributed by atoms with Crippen molar-refractivity contribution in [2.45, 2.75) is 26.3 Å². The minimum Gasteiger partial charge on any atom is -0.497 e. The number of ether oxygens (including phenoxy) is 1. The first-order chi connectivity index (χ1) is 12.6. The molecule has 0 fully saturated rings. The Morgan fingerprint density at radius 3 is 2.50 bits per heavy atom. The van der Waals surface area contributed by atoms with E-state index in [1.807, 2.05) is 55.5 Å². The quantitative estimate of drug-likeness (QED) is 0.707. The minimum atomic E-state index is -0.0593. The van der Waals surface area contributed by atoms with Gasteiger partial charge < -0.3 is 14.5 Å². The number of nitrogens with one attached hydrogen (secondary N) is 1. The molecule has 0 atom stereocenters. The summed E-state index contributed by atoms with van der Waals surface area (Å²) in [5.74, 6) is 1.58. The van der Waals surface area contributed by atoms with Crippen LogP contribution in [0, 0.1) is 6.92 Å². The number of aromatic nitrogens is 2. The van der Waals surface area contributed by atoms with Gasteiger partial charge in [0.25, 0.3) is 0 Å². The predicted octanol–water partition coefficient (Wildman–Crippen LogP) is 3.30. The second-order valence-electron chi connectivity index (χ2n) is 5.99. The lowest BCUT2D eigenvalue weighted by molar-refractivity contribution is -0.121. The molecule has 3 rings (SSSR count). The molecule has 26 heavy (non-hydrogen) atoms. The number of carbonyl (C=O) groups excluding carboxylic acids is 1. The Labute approximate surface area is 152 Å². The first-order valence-electron chi connectivity index (χ1n) is 8.43. The molecule has 0 aliphatic carbocycles. The van der Waals surface area contributed by atoms with Gasteiger partial charge in [0, 0.05) is 12.0 Å². The number of hydrogen-bond acceptors (Lipinski definition) is 5. The molecule has 6 nitrogen and oxygen atoms in total. The van der Waals surface area contributed by atoms with E-state index in [2.05, 4.69) is 15.5 Å². The molecule has 0 aliphatic rings. The monoisotopic (exact) mass is 351 g/mol. The van der Waals surface area contributed by atoms with Crippen molar-refractivity contribution in [2.75, 3.05) is 7.11 Å². The van der Waals surface area contributed by atoms with Crippen molar-refractivity contribution in [2.24, 2.45) is 0 Å². The summed E-state index contributed by atoms with van der Waals surface area (Å²) >= 11 is 0. The van der Waals surface area contributed by atoms with Crippen molar-refractivity contribution in [3.8, 4) is 17.2 Å². The summed E-state index contributed by atoms with van der Waals surface area (Å²) in [5.41, 5.74) is 3.11. The molecule has 0 radical (unpaired) electrons. The maximum Gasteiger partial charge on any atom is 0.247 e. The van der Waals surface area contributed by atoms with Crippen molar-refractivity contribution >= 4 is 5.91 Å². The van der Waals surface area contributed by atoms with Gasteiger partial charge in [-0.1, -0.05) is 29.8 Å². The van der Waals surface area contributed by atoms with Crippen LogP contribution in [0.1, 0.15) is 23.4 Å². The molecule has 0 aliphatic heterocycles. The van der Waals surface area contributed by atoms with E-state index in [-0.39, 0.29) is 12.5 Å². The fraction of sp³-hybridized carbons (Fsp3) is 0.250. The first-order valence-corrected chi connectivity index (χ1v) is 8.43. The minimum absolute atomic E-state index is 0.0593. The molecule has 6 heteroatoms. The third kappa shape index (κ3) is 4.69. The first kappa shape index (κ1) is 17.7. The smallest absolute Gasteiger partial charge is 0.247 e. The standard InChI is InChI=1S/C20H21N3O3/c1-14-3-8-16(9-4-14)20-23-22-19(26-20)13-21-18(24)12-7-15-5-10-17(25-2)11-6-15/h3-6,8-11H,7,12-13H2,1-2H3,(H,21,24). The molecule has 0 saturated carbocycles. The normalized spacial score (nSPS) is 10.5. The van der Waals surface area contributed by atoms with Gasteiger partial charge in [0.1, 0.15) is 5.75 Å². The Balaban J connectivity index is 1.47. The number of nitrogens with zero attached hydrogens (tertiary/aromatic N) is 2. The number of aryl methyl sites for hydroxylation is 2. The molecule has 3 aromatic rings. The number of rotatable bonds is 7. The summed E-state index contributed by atoms with van der Waals surface area (Å²) in [6.07, 6.45) is 1.06. The number of amides is 1. The van der Waals surface area contributed by atoms with Gasteiger partial charge in [-0.2, -0.15) is 0 Å². The maximum absolute atomic E-state index is 12.0. The van der Waals surface area contributed by atoms with Crippen LogP contribution in [0.2, 0.25) is 0 Å². The summed E-state index contributed by atoms with van der Waals surface area (Å²) in [4.78, 5) is 12.0. The maximum atomic E-state index is 12.0. The summed E-state index contributed by atoms with van der Waals surface area (Å²) < 4.78 is 10.7. The molecule has 1 heterocycles. The highest BCUT2D eigenvalue weighted by Crippen LogP contribution is 2.18. The lowest BCUT2D eigenvalue weighted by atomic mass is 10.1. The molecular formula is C20H21N3O3. The van der Waals surface area contributed by atoms with Crippen LogP contribution in [0.3, 0.4) is 0 Å². The van der Waals surface area contributed by atoms with Crippen LogP contribution in [0.25, 0.3) is 11.5 Å². The Bertz CT molecular complexity index is 855. The lowest BCUT2D eigenvalue weighted by Gasteiger charge is -2.04. The fourth-order valence-corrected chi connectivity index (χ4v) is 2.45. The number of benzene rings is 2. The second-order valence-corrected chi connectivity index (χ2v) is 5.99. The number of methoxy groups -OCH3 is 1. The van der Waals surface area contributed by atoms with Gasteiger partial charge >= 0.3 is 0 Å². The molecule has 1 aromatic heterocycles. The van der Waals surface area contributed by atoms with Crippen LogP contribution in [-0.4, -0.2) is 23.2 Å². The van der Waals surface area contributed by atoms with E-state index in [1.165, 1.54) is 0 Å². The van der Waals surface area contributed by atoms with Gasteiger partial charge in [-0.3, -0.25) is 4.79 Å². The predicted molar refractivity (Wildman–Crippen MR) is 97.6 cm³/mol. The zero-order chi connectivity index (χ0) is 18.4. The Morgan fingerprint density at radius 2 is 1.81 bits per heavy atom. The van der Waals surface area contributed by atoms with Gasteiger partial charge in [-0.25, -0.2) is 0 Å². The fourth-order valence-electron chi connectivity index (χ4n) is 2.45. The Kier molecular flexibility index (Phi) is 5.63. The summed E-state index contributed by atoms with van der Waals surface area (Å²) in [7, 11) is 1.63. The van der Waals surface area contributed by atoms with Crippen molar-refractivity contribution in [1.29, 1.82) is 0 Å². The van der Waals surface area contributed by atoms with Crippen molar-refractivity contribution in [1.82, 2.24) is 15.5 Å². The van der Waals surface area contributed by atoms with Gasteiger partial charge in [-0.05, 0) is 43.2 Å². The zero-order valence-electron chi connectivity index (χ0n) is 14.9. The molecule has 0 saturated heterocycles. The molecule has 0 unspecified atom stereocenters. The molecule has 1 N–H and O–H groups in total. The SMILES string of the molecule is COc1ccc(CCC(=O)NCc2nnc(-c3ccc(C)cc3)o2)cc1. The highest BCUT2D eigenvalue weighted by atomic mass is 16.5. The van der Waals surface area contributed by atoms with Crippen LogP contribution in [-0.2, 0) is 17.8 Å². The van der Waals surface area contributed by atoms with E-state index in [4.69, 9.17) is 9.15 Å². The second kappa shape index (κ2) is 8.29. The average molecular weight is 351 g/mol. The Morgan fingerprint density at radius 1 is 1.08 bits per heavy atom. The van der Waals surface area contributed by atoms with Crippen molar-refractivity contribution < 1.29 is 13.9 Å². The Hall–Kier alpha value is -3.15. The van der Waals surface area contributed by atoms with E-state index in [1.54, 1.807) is 7.11 Å². The van der Waals surface area contributed by atoms with Crippen LogP contribution in [0.15, 0.2) is 52.9 Å². The van der Waals surface area contributed by atoms with Crippen LogP contribution in [0.4, 0.5) is 0 Å². The average Bonchev–Trinajstić information content (AvgIpc) is 3.14. The summed E-state index contributed by atoms with van der Waals surface area (Å²) in [6.45, 7) is 2.24. The van der Waals surface area contributed by atoms with Gasteiger partial charge in [0.2, 0.25) is 17.7 Å². The topological polar surface area (TPSA) is 77.2 Å². The number of hydrogen-bond donors (Lipinski definition) is 1. The number of carbonyl (C=O) groups is 1. The highest BCUT2D eigenvalue weighted by molar-refractivity contribution is 5.76. The van der Waals surface area contributed by atoms with Crippen molar-refractivity contribution in [3.63, 3.8) is 0 Å². The van der Waals surface area contributed by atoms with Crippen molar-refractivity contribution in [3.05, 3.63) is 65.5 Å². The molecule has 0 spiro atoms. The largest absolute Gasteiger partial charge is 0.497 e. The van der Waals surface area contributed by atoms with E-state index in [0.29, 0.717) is 24.6 Å². The molecule has 134 valence electrons. The van der Waals surface area contributed by atoms with Crippen LogP contribution < -0.4 is 10.1 Å². The molecule has 2 aromatic carbocycles. The summed E-state index contributed by atoms with van der Waals surface area (Å²) in [5, 5.41) is 10.8. The van der Waals surface area contributed by atoms with Gasteiger partial charge in [0.05, 0.1) is 13.7 Å². The molecule has 0 bridgehead atoms. The van der Waals surface area contributed by atoms with E-state index < -0.39 is 0 Å². The molecule has 1 amide bonds. The van der Waals surface area contributed by atoms with E-state index >= 15 is 0 Å². The van der Waals surface area contributed by atoms with Crippen LogP contribution >= 0.6 is 0 Å². The highest BCUT2D eigenvalue weighted by Gasteiger charge is 2.10. The third-order valence-electron chi connectivity index (χ3n) is 4.00. The van der Waals surface area contributed by atoms with E-state index in [9.17, 15) is 4.79 Å². The zero-order valence-corrected chi connectivity index (χ0v) is 14.9. The van der Waals surface area contributed by atoms with Gasteiger partial charge in [-0.15, -0.1) is 10.2 Å². The van der Waals surface area contributed by atoms with E-state index in [0.717, 1.165) is 22.4 Å². The summed E-state index contributed by atoms with van der Waals surface area (Å²) in [6, 6.07) is 15.5. The van der Waals surface area contributed by atoms with Crippen LogP contribution in [0.5, 0.6) is 5.75 Å². The lowest BCUT2D eigenvalue weighted by Crippen LogP contribution is -2.23. The third-order valence-corrected chi connectivity index (χ3v) is 4.00.